The first-order valence-corrected chi connectivity index (χ1v) is 7.86. The monoisotopic (exact) mass is 321 g/mol. The van der Waals surface area contributed by atoms with Crippen LogP contribution in [0.1, 0.15) is 29.1 Å². The first-order valence-electron chi connectivity index (χ1n) is 6.16. The summed E-state index contributed by atoms with van der Waals surface area (Å²) in [4.78, 5) is 11.6. The first kappa shape index (κ1) is 15.5. The van der Waals surface area contributed by atoms with Gasteiger partial charge in [-0.05, 0) is 17.7 Å². The van der Waals surface area contributed by atoms with Crippen LogP contribution in [0.5, 0.6) is 0 Å². The van der Waals surface area contributed by atoms with Crippen molar-refractivity contribution in [2.24, 2.45) is 0 Å². The Kier molecular flexibility index (Phi) is 4.66. The van der Waals surface area contributed by atoms with Crippen LogP contribution in [0.4, 0.5) is 4.39 Å². The van der Waals surface area contributed by atoms with Gasteiger partial charge in [-0.25, -0.2) is 9.18 Å². The molecule has 0 atom stereocenters. The highest BCUT2D eigenvalue weighted by atomic mass is 32.2. The molecule has 108 valence electrons. The average molecular weight is 321 g/mol. The molecule has 0 bridgehead atoms. The molecule has 21 heavy (non-hydrogen) atoms. The lowest BCUT2D eigenvalue weighted by Gasteiger charge is -2.03. The second kappa shape index (κ2) is 6.29. The van der Waals surface area contributed by atoms with Crippen LogP contribution >= 0.6 is 23.1 Å². The standard InChI is InChI=1S/C15H12FNO2S2/c1-8(2)20-15-11(7-17)12(13(21-15)14(18)19)9-3-5-10(16)6-4-9/h3-6,8H,1-2H3,(H,18,19). The zero-order valence-electron chi connectivity index (χ0n) is 11.4. The molecule has 2 rings (SSSR count). The van der Waals surface area contributed by atoms with E-state index < -0.39 is 11.8 Å². The summed E-state index contributed by atoms with van der Waals surface area (Å²) in [5, 5.41) is 19.0. The summed E-state index contributed by atoms with van der Waals surface area (Å²) >= 11 is 2.55. The molecule has 0 spiro atoms. The molecule has 0 aliphatic rings. The summed E-state index contributed by atoms with van der Waals surface area (Å²) < 4.78 is 13.7. The van der Waals surface area contributed by atoms with Gasteiger partial charge in [0.15, 0.2) is 0 Å². The molecule has 0 radical (unpaired) electrons. The Morgan fingerprint density at radius 1 is 1.38 bits per heavy atom. The minimum atomic E-state index is -1.08. The minimum absolute atomic E-state index is 0.112. The van der Waals surface area contributed by atoms with Crippen LogP contribution in [0.2, 0.25) is 0 Å². The Morgan fingerprint density at radius 3 is 2.48 bits per heavy atom. The van der Waals surface area contributed by atoms with E-state index in [0.717, 1.165) is 11.3 Å². The van der Waals surface area contributed by atoms with E-state index >= 15 is 0 Å². The van der Waals surface area contributed by atoms with E-state index in [9.17, 15) is 19.6 Å². The molecule has 2 aromatic rings. The lowest BCUT2D eigenvalue weighted by atomic mass is 10.0. The minimum Gasteiger partial charge on any atom is -0.477 e. The van der Waals surface area contributed by atoms with E-state index in [0.29, 0.717) is 20.9 Å². The predicted molar refractivity (Wildman–Crippen MR) is 82.4 cm³/mol. The van der Waals surface area contributed by atoms with Gasteiger partial charge in [0, 0.05) is 10.8 Å². The van der Waals surface area contributed by atoms with Crippen LogP contribution in [0.25, 0.3) is 11.1 Å². The number of nitriles is 1. The van der Waals surface area contributed by atoms with Crippen molar-refractivity contribution in [2.75, 3.05) is 0 Å². The maximum absolute atomic E-state index is 13.0. The Bertz CT molecular complexity index is 715. The zero-order valence-corrected chi connectivity index (χ0v) is 13.0. The molecule has 1 aromatic heterocycles. The third-order valence-electron chi connectivity index (χ3n) is 2.66. The lowest BCUT2D eigenvalue weighted by molar-refractivity contribution is 0.0703. The largest absolute Gasteiger partial charge is 0.477 e. The molecule has 0 aliphatic carbocycles. The highest BCUT2D eigenvalue weighted by Crippen LogP contribution is 2.42. The fraction of sp³-hybridized carbons (Fsp3) is 0.200. The molecule has 3 nitrogen and oxygen atoms in total. The highest BCUT2D eigenvalue weighted by molar-refractivity contribution is 8.01. The van der Waals surface area contributed by atoms with E-state index in [1.54, 1.807) is 0 Å². The van der Waals surface area contributed by atoms with Gasteiger partial charge in [-0.2, -0.15) is 5.26 Å². The number of hydrogen-bond acceptors (Lipinski definition) is 4. The van der Waals surface area contributed by atoms with Crippen molar-refractivity contribution in [2.45, 2.75) is 23.3 Å². The van der Waals surface area contributed by atoms with Gasteiger partial charge in [0.25, 0.3) is 0 Å². The highest BCUT2D eigenvalue weighted by Gasteiger charge is 2.24. The lowest BCUT2D eigenvalue weighted by Crippen LogP contribution is -1.95. The van der Waals surface area contributed by atoms with Crippen molar-refractivity contribution in [3.63, 3.8) is 0 Å². The topological polar surface area (TPSA) is 61.1 Å². The molecular weight excluding hydrogens is 309 g/mol. The Balaban J connectivity index is 2.67. The summed E-state index contributed by atoms with van der Waals surface area (Å²) in [7, 11) is 0. The van der Waals surface area contributed by atoms with E-state index in [-0.39, 0.29) is 10.1 Å². The van der Waals surface area contributed by atoms with Gasteiger partial charge in [0.2, 0.25) is 0 Å². The normalized spacial score (nSPS) is 10.6. The molecule has 6 heteroatoms. The molecule has 0 aliphatic heterocycles. The number of hydrogen-bond donors (Lipinski definition) is 1. The van der Waals surface area contributed by atoms with Gasteiger partial charge in [0.1, 0.15) is 16.8 Å². The molecular formula is C15H12FNO2S2. The number of carbonyl (C=O) groups is 1. The van der Waals surface area contributed by atoms with Gasteiger partial charge in [-0.1, -0.05) is 26.0 Å². The van der Waals surface area contributed by atoms with Crippen LogP contribution in [0.3, 0.4) is 0 Å². The third-order valence-corrected chi connectivity index (χ3v) is 5.06. The van der Waals surface area contributed by atoms with Gasteiger partial charge in [0.05, 0.1) is 9.77 Å². The Labute approximate surface area is 130 Å². The van der Waals surface area contributed by atoms with Gasteiger partial charge < -0.3 is 5.11 Å². The number of carboxylic acid groups (broad SMARTS) is 1. The summed E-state index contributed by atoms with van der Waals surface area (Å²) in [6, 6.07) is 7.60. The summed E-state index contributed by atoms with van der Waals surface area (Å²) in [5.41, 5.74) is 1.26. The molecule has 0 saturated carbocycles. The number of rotatable bonds is 4. The molecule has 0 unspecified atom stereocenters. The van der Waals surface area contributed by atoms with E-state index in [4.69, 9.17) is 0 Å². The van der Waals surface area contributed by atoms with Gasteiger partial charge >= 0.3 is 5.97 Å². The summed E-state index contributed by atoms with van der Waals surface area (Å²) in [6.07, 6.45) is 0. The molecule has 0 saturated heterocycles. The van der Waals surface area contributed by atoms with Gasteiger partial charge in [-0.3, -0.25) is 0 Å². The van der Waals surface area contributed by atoms with Crippen molar-refractivity contribution < 1.29 is 14.3 Å². The quantitative estimate of drug-likeness (QED) is 0.834. The number of thiophene rings is 1. The number of nitrogens with zero attached hydrogens (tertiary/aromatic N) is 1. The second-order valence-corrected chi connectivity index (χ2v) is 7.42. The van der Waals surface area contributed by atoms with Crippen molar-refractivity contribution in [1.82, 2.24) is 0 Å². The van der Waals surface area contributed by atoms with Crippen LogP contribution < -0.4 is 0 Å². The first-order chi connectivity index (χ1) is 9.93. The Hall–Kier alpha value is -1.84. The molecule has 1 aromatic carbocycles. The number of thioether (sulfide) groups is 1. The number of benzene rings is 1. The van der Waals surface area contributed by atoms with Crippen LogP contribution in [-0.4, -0.2) is 16.3 Å². The van der Waals surface area contributed by atoms with Crippen molar-refractivity contribution in [1.29, 1.82) is 5.26 Å². The maximum atomic E-state index is 13.0. The van der Waals surface area contributed by atoms with E-state index in [1.165, 1.54) is 36.0 Å². The maximum Gasteiger partial charge on any atom is 0.346 e. The Morgan fingerprint density at radius 2 is 2.00 bits per heavy atom. The fourth-order valence-electron chi connectivity index (χ4n) is 1.85. The predicted octanol–water partition coefficient (Wildman–Crippen LogP) is 4.62. The van der Waals surface area contributed by atoms with Gasteiger partial charge in [-0.15, -0.1) is 23.1 Å². The van der Waals surface area contributed by atoms with Crippen LogP contribution in [0, 0.1) is 17.1 Å². The molecule has 0 amide bonds. The summed E-state index contributed by atoms with van der Waals surface area (Å²) in [5.74, 6) is -1.48. The van der Waals surface area contributed by atoms with Crippen LogP contribution in [0.15, 0.2) is 28.5 Å². The van der Waals surface area contributed by atoms with Crippen molar-refractivity contribution >= 4 is 29.1 Å². The summed E-state index contributed by atoms with van der Waals surface area (Å²) in [6.45, 7) is 3.95. The third kappa shape index (κ3) is 3.26. The number of halogens is 1. The van der Waals surface area contributed by atoms with Crippen LogP contribution in [-0.2, 0) is 0 Å². The average Bonchev–Trinajstić information content (AvgIpc) is 2.77. The number of carboxylic acids is 1. The van der Waals surface area contributed by atoms with Crippen molar-refractivity contribution in [3.05, 3.63) is 40.5 Å². The van der Waals surface area contributed by atoms with E-state index in [2.05, 4.69) is 6.07 Å². The fourth-order valence-corrected chi connectivity index (χ4v) is 4.41. The molecule has 1 N–H and O–H groups in total. The van der Waals surface area contributed by atoms with Crippen molar-refractivity contribution in [3.8, 4) is 17.2 Å². The number of aromatic carboxylic acids is 1. The zero-order chi connectivity index (χ0) is 15.6. The molecule has 0 fully saturated rings. The second-order valence-electron chi connectivity index (χ2n) is 4.56. The molecule has 1 heterocycles. The van der Waals surface area contributed by atoms with E-state index in [1.807, 2.05) is 13.8 Å². The smallest absolute Gasteiger partial charge is 0.346 e. The SMILES string of the molecule is CC(C)Sc1sc(C(=O)O)c(-c2ccc(F)cc2)c1C#N.